The molecule has 4 rings (SSSR count). The van der Waals surface area contributed by atoms with Crippen molar-refractivity contribution in [3.8, 4) is 0 Å². The van der Waals surface area contributed by atoms with Crippen LogP contribution in [0.1, 0.15) is 63.9 Å². The number of imide groups is 1. The lowest BCUT2D eigenvalue weighted by Crippen LogP contribution is -2.39. The highest BCUT2D eigenvalue weighted by Crippen LogP contribution is 2.48. The Morgan fingerprint density at radius 1 is 1.12 bits per heavy atom. The molecule has 10 heteroatoms. The first-order valence-electron chi connectivity index (χ1n) is 14.0. The van der Waals surface area contributed by atoms with Crippen molar-refractivity contribution in [2.24, 2.45) is 17.8 Å². The molecule has 1 aliphatic carbocycles. The zero-order chi connectivity index (χ0) is 29.0. The largest absolute Gasteiger partial charge is 0.488 e. The van der Waals surface area contributed by atoms with Crippen LogP contribution in [-0.4, -0.2) is 57.0 Å². The third kappa shape index (κ3) is 6.01. The van der Waals surface area contributed by atoms with Crippen LogP contribution in [0.25, 0.3) is 6.08 Å². The first-order valence-corrected chi connectivity index (χ1v) is 14.0. The first kappa shape index (κ1) is 30.0. The van der Waals surface area contributed by atoms with Crippen molar-refractivity contribution in [2.75, 3.05) is 11.5 Å². The molecule has 0 spiro atoms. The zero-order valence-corrected chi connectivity index (χ0v) is 23.0. The molecule has 1 aromatic heterocycles. The lowest BCUT2D eigenvalue weighted by molar-refractivity contribution is -0.123. The van der Waals surface area contributed by atoms with E-state index in [1.165, 1.54) is 12.1 Å². The summed E-state index contributed by atoms with van der Waals surface area (Å²) in [5.41, 5.74) is 3.02. The summed E-state index contributed by atoms with van der Waals surface area (Å²) in [5.74, 6) is -1.90. The van der Waals surface area contributed by atoms with Gasteiger partial charge in [0.25, 0.3) is 0 Å². The van der Waals surface area contributed by atoms with Crippen LogP contribution in [0.15, 0.2) is 57.5 Å². The monoisotopic (exact) mass is 551 g/mol. The van der Waals surface area contributed by atoms with Crippen molar-refractivity contribution >= 4 is 36.2 Å². The summed E-state index contributed by atoms with van der Waals surface area (Å²) in [4.78, 5) is 28.3. The fourth-order valence-corrected chi connectivity index (χ4v) is 6.20. The molecular weight excluding hydrogens is 513 g/mol. The molecule has 5 N–H and O–H groups in total. The van der Waals surface area contributed by atoms with E-state index in [2.05, 4.69) is 6.92 Å². The molecule has 2 amide bonds. The molecule has 0 unspecified atom stereocenters. The zero-order valence-electron chi connectivity index (χ0n) is 23.0. The van der Waals surface area contributed by atoms with Gasteiger partial charge in [-0.2, -0.15) is 0 Å². The van der Waals surface area contributed by atoms with E-state index in [0.717, 1.165) is 28.9 Å². The predicted molar refractivity (Wildman–Crippen MR) is 151 cm³/mol. The maximum absolute atomic E-state index is 13.7. The highest BCUT2D eigenvalue weighted by molar-refractivity contribution is 6.58. The number of anilines is 1. The minimum Gasteiger partial charge on any atom is -0.459 e. The Bertz CT molecular complexity index is 1280. The number of allylic oxidation sites excluding steroid dienone is 2. The van der Waals surface area contributed by atoms with Gasteiger partial charge in [0, 0.05) is 5.92 Å². The number of benzene rings is 1. The Kier molecular flexibility index (Phi) is 9.81. The highest BCUT2D eigenvalue weighted by Gasteiger charge is 2.55. The van der Waals surface area contributed by atoms with Crippen molar-refractivity contribution in [1.82, 2.24) is 0 Å². The van der Waals surface area contributed by atoms with Crippen LogP contribution in [0.4, 0.5) is 5.69 Å². The minimum absolute atomic E-state index is 0.160. The second kappa shape index (κ2) is 13.1. The van der Waals surface area contributed by atoms with Gasteiger partial charge in [-0.3, -0.25) is 14.5 Å². The second-order valence-corrected chi connectivity index (χ2v) is 10.6. The quantitative estimate of drug-likeness (QED) is 0.153. The highest BCUT2D eigenvalue weighted by atomic mass is 16.4. The van der Waals surface area contributed by atoms with E-state index in [-0.39, 0.29) is 30.3 Å². The summed E-state index contributed by atoms with van der Waals surface area (Å²) in [6.07, 6.45) is 4.60. The van der Waals surface area contributed by atoms with Gasteiger partial charge in [-0.05, 0) is 73.5 Å². The summed E-state index contributed by atoms with van der Waals surface area (Å²) in [6.45, 7) is 3.45. The number of fused-ring (bicyclic) bond motifs is 1. The Balaban J connectivity index is 1.58. The Hall–Kier alpha value is -3.02. The number of amides is 2. The van der Waals surface area contributed by atoms with Crippen molar-refractivity contribution in [3.05, 3.63) is 64.6 Å². The van der Waals surface area contributed by atoms with E-state index in [4.69, 9.17) is 4.42 Å². The average molecular weight is 551 g/mol. The van der Waals surface area contributed by atoms with E-state index >= 15 is 0 Å². The molecular formula is C30H38BNO8. The van der Waals surface area contributed by atoms with Gasteiger partial charge >= 0.3 is 7.12 Å². The molecule has 2 aromatic rings. The third-order valence-corrected chi connectivity index (χ3v) is 8.09. The summed E-state index contributed by atoms with van der Waals surface area (Å²) < 4.78 is 5.60. The molecule has 2 heterocycles. The van der Waals surface area contributed by atoms with E-state index in [1.807, 2.05) is 13.0 Å². The number of carbonyl (C=O) groups excluding carboxylic acids is 2. The first-order chi connectivity index (χ1) is 19.2. The van der Waals surface area contributed by atoms with Crippen molar-refractivity contribution in [3.63, 3.8) is 0 Å². The molecule has 1 aliphatic heterocycles. The van der Waals surface area contributed by atoms with Gasteiger partial charge in [0.05, 0.1) is 30.2 Å². The molecule has 2 aliphatic rings. The number of hydrogen-bond donors (Lipinski definition) is 5. The summed E-state index contributed by atoms with van der Waals surface area (Å²) in [6, 6.07) is 9.53. The normalized spacial score (nSPS) is 22.2. The van der Waals surface area contributed by atoms with Gasteiger partial charge in [-0.1, -0.05) is 43.5 Å². The molecule has 1 aromatic carbocycles. The maximum Gasteiger partial charge on any atom is 0.488 e. The number of furan rings is 1. The van der Waals surface area contributed by atoms with Gasteiger partial charge in [-0.25, -0.2) is 0 Å². The number of nitrogens with zero attached hydrogens (tertiary/aromatic N) is 1. The summed E-state index contributed by atoms with van der Waals surface area (Å²) in [5, 5.41) is 50.3. The minimum atomic E-state index is -1.74. The maximum atomic E-state index is 13.7. The topological polar surface area (TPSA) is 152 Å². The Morgan fingerprint density at radius 2 is 1.90 bits per heavy atom. The van der Waals surface area contributed by atoms with Crippen molar-refractivity contribution in [1.29, 1.82) is 0 Å². The van der Waals surface area contributed by atoms with E-state index in [9.17, 15) is 35.0 Å². The summed E-state index contributed by atoms with van der Waals surface area (Å²) >= 11 is 0. The third-order valence-electron chi connectivity index (χ3n) is 8.09. The van der Waals surface area contributed by atoms with Crippen LogP contribution in [-0.2, 0) is 16.2 Å². The second-order valence-electron chi connectivity index (χ2n) is 10.6. The number of carbonyl (C=O) groups is 2. The molecule has 0 saturated carbocycles. The van der Waals surface area contributed by atoms with Crippen LogP contribution in [0.5, 0.6) is 0 Å². The SMILES string of the molecule is CCC/C(=C\c1ccc(CO)o1)CC[C@@H](O)C1=C(CC)C[C@H]2C(=O)N(c3cccc(B(O)O)c3)C(=O)[C@H]2[C@H]1CO. The molecule has 0 radical (unpaired) electrons. The van der Waals surface area contributed by atoms with Gasteiger partial charge in [-0.15, -0.1) is 0 Å². The molecule has 214 valence electrons. The smallest absolute Gasteiger partial charge is 0.459 e. The molecule has 40 heavy (non-hydrogen) atoms. The number of aliphatic hydroxyl groups is 3. The number of rotatable bonds is 12. The van der Waals surface area contributed by atoms with Crippen LogP contribution in [0.3, 0.4) is 0 Å². The number of aliphatic hydroxyl groups excluding tert-OH is 3. The molecule has 1 fully saturated rings. The van der Waals surface area contributed by atoms with Crippen molar-refractivity contribution < 1.29 is 39.4 Å². The number of hydrogen-bond acceptors (Lipinski definition) is 8. The standard InChI is InChI=1S/C30H38BNO8/c1-3-6-18(13-22-10-11-23(16-33)40-22)9-12-26(35)27-19(4-2)14-24-28(25(27)17-34)30(37)32(29(24)36)21-8-5-7-20(15-21)31(38)39/h5,7-8,10-11,13,15,24-26,28,33-35,38-39H,3-4,6,9,12,14,16-17H2,1-2H3/b18-13+/t24-,25+,26-,28-/m1/s1. The van der Waals surface area contributed by atoms with Crippen molar-refractivity contribution in [2.45, 2.75) is 65.1 Å². The van der Waals surface area contributed by atoms with Gasteiger partial charge < -0.3 is 29.8 Å². The van der Waals surface area contributed by atoms with E-state index < -0.39 is 36.9 Å². The Morgan fingerprint density at radius 3 is 2.52 bits per heavy atom. The van der Waals surface area contributed by atoms with Gasteiger partial charge in [0.1, 0.15) is 18.1 Å². The van der Waals surface area contributed by atoms with Crippen LogP contribution in [0.2, 0.25) is 0 Å². The van der Waals surface area contributed by atoms with E-state index in [1.54, 1.807) is 24.3 Å². The van der Waals surface area contributed by atoms with Crippen LogP contribution in [0, 0.1) is 17.8 Å². The van der Waals surface area contributed by atoms with Gasteiger partial charge in [0.15, 0.2) is 0 Å². The van der Waals surface area contributed by atoms with Crippen LogP contribution >= 0.6 is 0 Å². The van der Waals surface area contributed by atoms with Crippen LogP contribution < -0.4 is 10.4 Å². The average Bonchev–Trinajstić information content (AvgIpc) is 3.51. The molecule has 1 saturated heterocycles. The van der Waals surface area contributed by atoms with E-state index in [0.29, 0.717) is 42.8 Å². The molecule has 9 nitrogen and oxygen atoms in total. The lowest BCUT2D eigenvalue weighted by Gasteiger charge is -2.36. The fourth-order valence-electron chi connectivity index (χ4n) is 6.20. The lowest BCUT2D eigenvalue weighted by atomic mass is 9.67. The molecule has 0 bridgehead atoms. The predicted octanol–water partition coefficient (Wildman–Crippen LogP) is 2.30. The van der Waals surface area contributed by atoms with Gasteiger partial charge in [0.2, 0.25) is 11.8 Å². The fraction of sp³-hybridized carbons (Fsp3) is 0.467. The Labute approximate surface area is 234 Å². The molecule has 4 atom stereocenters. The summed E-state index contributed by atoms with van der Waals surface area (Å²) in [7, 11) is -1.74.